The van der Waals surface area contributed by atoms with E-state index < -0.39 is 0 Å². The highest BCUT2D eigenvalue weighted by molar-refractivity contribution is 5.92. The molecule has 1 saturated heterocycles. The lowest BCUT2D eigenvalue weighted by atomic mass is 9.96. The average molecular weight is 365 g/mol. The summed E-state index contributed by atoms with van der Waals surface area (Å²) in [5.74, 6) is -0.447. The zero-order chi connectivity index (χ0) is 18.6. The Balaban J connectivity index is 1.53. The summed E-state index contributed by atoms with van der Waals surface area (Å²) in [7, 11) is 0. The summed E-state index contributed by atoms with van der Waals surface area (Å²) in [5.41, 5.74) is 1.82. The molecule has 0 bridgehead atoms. The van der Waals surface area contributed by atoms with E-state index in [0.29, 0.717) is 12.1 Å². The van der Waals surface area contributed by atoms with Crippen LogP contribution in [0.3, 0.4) is 0 Å². The van der Waals surface area contributed by atoms with E-state index in [2.05, 4.69) is 15.3 Å². The Hall–Kier alpha value is -3.09. The van der Waals surface area contributed by atoms with Crippen molar-refractivity contribution in [1.29, 1.82) is 0 Å². The van der Waals surface area contributed by atoms with Gasteiger partial charge in [0.2, 0.25) is 0 Å². The molecule has 0 spiro atoms. The Labute approximate surface area is 156 Å². The first-order chi connectivity index (χ1) is 13.2. The van der Waals surface area contributed by atoms with Gasteiger partial charge in [0.15, 0.2) is 5.69 Å². The topological polar surface area (TPSA) is 63.9 Å². The van der Waals surface area contributed by atoms with E-state index in [1.165, 1.54) is 10.7 Å². The van der Waals surface area contributed by atoms with Crippen molar-refractivity contribution < 1.29 is 9.18 Å². The number of benzene rings is 1. The van der Waals surface area contributed by atoms with Gasteiger partial charge in [-0.3, -0.25) is 9.78 Å². The van der Waals surface area contributed by atoms with Crippen molar-refractivity contribution in [3.05, 3.63) is 77.6 Å². The molecule has 27 heavy (non-hydrogen) atoms. The zero-order valence-corrected chi connectivity index (χ0v) is 14.8. The molecule has 6 nitrogen and oxygen atoms in total. The fourth-order valence-corrected chi connectivity index (χ4v) is 3.52. The van der Waals surface area contributed by atoms with Gasteiger partial charge in [-0.25, -0.2) is 9.07 Å². The molecule has 3 aromatic rings. The third-order valence-corrected chi connectivity index (χ3v) is 4.88. The molecule has 1 aliphatic heterocycles. The van der Waals surface area contributed by atoms with Crippen molar-refractivity contribution >= 4 is 5.91 Å². The van der Waals surface area contributed by atoms with Gasteiger partial charge in [-0.05, 0) is 37.0 Å². The van der Waals surface area contributed by atoms with Crippen LogP contribution in [0, 0.1) is 5.82 Å². The minimum Gasteiger partial charge on any atom is -0.330 e. The summed E-state index contributed by atoms with van der Waals surface area (Å²) in [6.07, 6.45) is 8.07. The van der Waals surface area contributed by atoms with Crippen LogP contribution >= 0.6 is 0 Å². The van der Waals surface area contributed by atoms with E-state index in [0.717, 1.165) is 24.8 Å². The molecular formula is C20H20FN5O. The van der Waals surface area contributed by atoms with E-state index in [9.17, 15) is 9.18 Å². The molecule has 0 aliphatic carbocycles. The lowest BCUT2D eigenvalue weighted by Crippen LogP contribution is -2.38. The Bertz CT molecular complexity index is 927. The molecule has 1 aliphatic rings. The van der Waals surface area contributed by atoms with Gasteiger partial charge in [-0.2, -0.15) is 0 Å². The molecule has 1 amide bonds. The molecule has 3 heterocycles. The van der Waals surface area contributed by atoms with E-state index >= 15 is 0 Å². The summed E-state index contributed by atoms with van der Waals surface area (Å²) < 4.78 is 15.3. The van der Waals surface area contributed by atoms with Crippen molar-refractivity contribution in [2.75, 3.05) is 6.54 Å². The summed E-state index contributed by atoms with van der Waals surface area (Å²) in [6.45, 7) is 0.914. The number of piperidine rings is 1. The van der Waals surface area contributed by atoms with Crippen molar-refractivity contribution in [3.63, 3.8) is 0 Å². The van der Waals surface area contributed by atoms with Crippen LogP contribution in [0.15, 0.2) is 55.0 Å². The van der Waals surface area contributed by atoms with Gasteiger partial charge in [0.25, 0.3) is 5.91 Å². The standard InChI is InChI=1S/C20H20FN5O/c21-17-8-2-1-6-16(17)13-25-14-18(23-24-25)20(27)26-11-4-3-9-19(26)15-7-5-10-22-12-15/h1-2,5-8,10,12,14,19H,3-4,9,11,13H2/t19-/m0/s1. The number of hydrogen-bond donors (Lipinski definition) is 0. The van der Waals surface area contributed by atoms with Crippen LogP contribution < -0.4 is 0 Å². The van der Waals surface area contributed by atoms with Gasteiger partial charge < -0.3 is 4.90 Å². The number of amides is 1. The Kier molecular flexibility index (Phi) is 4.91. The first-order valence-electron chi connectivity index (χ1n) is 9.07. The minimum absolute atomic E-state index is 0.00309. The van der Waals surface area contributed by atoms with Crippen molar-refractivity contribution in [3.8, 4) is 0 Å². The molecule has 1 atom stereocenters. The van der Waals surface area contributed by atoms with Gasteiger partial charge >= 0.3 is 0 Å². The third-order valence-electron chi connectivity index (χ3n) is 4.88. The molecule has 0 radical (unpaired) electrons. The van der Waals surface area contributed by atoms with Crippen LogP contribution in [0.4, 0.5) is 4.39 Å². The van der Waals surface area contributed by atoms with Crippen LogP contribution in [0.25, 0.3) is 0 Å². The number of aromatic nitrogens is 4. The Morgan fingerprint density at radius 3 is 2.89 bits per heavy atom. The monoisotopic (exact) mass is 365 g/mol. The fraction of sp³-hybridized carbons (Fsp3) is 0.300. The van der Waals surface area contributed by atoms with Crippen LogP contribution in [0.1, 0.15) is 46.9 Å². The Morgan fingerprint density at radius 1 is 1.19 bits per heavy atom. The predicted octanol–water partition coefficient (Wildman–Crippen LogP) is 3.23. The summed E-state index contributed by atoms with van der Waals surface area (Å²) >= 11 is 0. The van der Waals surface area contributed by atoms with Gasteiger partial charge in [-0.1, -0.05) is 29.5 Å². The van der Waals surface area contributed by atoms with E-state index in [4.69, 9.17) is 0 Å². The van der Waals surface area contributed by atoms with Crippen LogP contribution in [0.5, 0.6) is 0 Å². The second kappa shape index (κ2) is 7.65. The quantitative estimate of drug-likeness (QED) is 0.712. The maximum atomic E-state index is 13.8. The molecule has 4 rings (SSSR count). The number of likely N-dealkylation sites (tertiary alicyclic amines) is 1. The normalized spacial score (nSPS) is 17.1. The minimum atomic E-state index is -0.298. The molecule has 0 unspecified atom stereocenters. The predicted molar refractivity (Wildman–Crippen MR) is 97.4 cm³/mol. The van der Waals surface area contributed by atoms with Gasteiger partial charge in [-0.15, -0.1) is 5.10 Å². The van der Waals surface area contributed by atoms with Gasteiger partial charge in [0.1, 0.15) is 5.82 Å². The highest BCUT2D eigenvalue weighted by Gasteiger charge is 2.30. The van der Waals surface area contributed by atoms with E-state index in [1.54, 1.807) is 30.6 Å². The lowest BCUT2D eigenvalue weighted by Gasteiger charge is -2.35. The number of rotatable bonds is 4. The molecule has 1 fully saturated rings. The zero-order valence-electron chi connectivity index (χ0n) is 14.8. The van der Waals surface area contributed by atoms with Crippen molar-refractivity contribution in [2.45, 2.75) is 31.8 Å². The second-order valence-corrected chi connectivity index (χ2v) is 6.69. The van der Waals surface area contributed by atoms with Crippen molar-refractivity contribution in [1.82, 2.24) is 24.9 Å². The number of pyridine rings is 1. The smallest absolute Gasteiger partial charge is 0.276 e. The highest BCUT2D eigenvalue weighted by Crippen LogP contribution is 2.31. The molecule has 0 saturated carbocycles. The highest BCUT2D eigenvalue weighted by atomic mass is 19.1. The number of carbonyl (C=O) groups is 1. The number of carbonyl (C=O) groups excluding carboxylic acids is 1. The average Bonchev–Trinajstić information content (AvgIpc) is 3.18. The molecule has 1 aromatic carbocycles. The van der Waals surface area contributed by atoms with Crippen LogP contribution in [-0.2, 0) is 6.54 Å². The Morgan fingerprint density at radius 2 is 2.07 bits per heavy atom. The number of halogens is 1. The summed E-state index contributed by atoms with van der Waals surface area (Å²) in [6, 6.07) is 10.4. The van der Waals surface area contributed by atoms with Gasteiger partial charge in [0.05, 0.1) is 18.8 Å². The molecule has 7 heteroatoms. The largest absolute Gasteiger partial charge is 0.330 e. The summed E-state index contributed by atoms with van der Waals surface area (Å²) in [4.78, 5) is 19.1. The number of nitrogens with zero attached hydrogens (tertiary/aromatic N) is 5. The maximum absolute atomic E-state index is 13.8. The molecular weight excluding hydrogens is 345 g/mol. The first-order valence-corrected chi connectivity index (χ1v) is 9.07. The molecule has 138 valence electrons. The third kappa shape index (κ3) is 3.72. The maximum Gasteiger partial charge on any atom is 0.276 e. The lowest BCUT2D eigenvalue weighted by molar-refractivity contribution is 0.0605. The SMILES string of the molecule is O=C(c1cn(Cc2ccccc2F)nn1)N1CCCC[C@H]1c1cccnc1. The van der Waals surface area contributed by atoms with Crippen LogP contribution in [-0.4, -0.2) is 37.3 Å². The number of hydrogen-bond acceptors (Lipinski definition) is 4. The second-order valence-electron chi connectivity index (χ2n) is 6.69. The molecule has 2 aromatic heterocycles. The first kappa shape index (κ1) is 17.3. The van der Waals surface area contributed by atoms with Crippen LogP contribution in [0.2, 0.25) is 0 Å². The summed E-state index contributed by atoms with van der Waals surface area (Å²) in [5, 5.41) is 8.04. The van der Waals surface area contributed by atoms with Crippen molar-refractivity contribution in [2.24, 2.45) is 0 Å². The van der Waals surface area contributed by atoms with E-state index in [1.807, 2.05) is 23.2 Å². The molecule has 0 N–H and O–H groups in total. The van der Waals surface area contributed by atoms with Gasteiger partial charge in [0, 0.05) is 24.5 Å². The van der Waals surface area contributed by atoms with E-state index in [-0.39, 0.29) is 30.0 Å². The fourth-order valence-electron chi connectivity index (χ4n) is 3.52.